The molecule has 2 bridgehead atoms. The molecule has 0 radical (unpaired) electrons. The van der Waals surface area contributed by atoms with Crippen molar-refractivity contribution in [3.8, 4) is 0 Å². The average Bonchev–Trinajstić information content (AvgIpc) is 3.71. The van der Waals surface area contributed by atoms with Gasteiger partial charge in [-0.05, 0) is 42.4 Å². The van der Waals surface area contributed by atoms with Crippen molar-refractivity contribution in [3.63, 3.8) is 0 Å². The first kappa shape index (κ1) is 48.9. The number of nitrogens with one attached hydrogen (secondary N) is 2. The molecule has 4 fully saturated rings. The summed E-state index contributed by atoms with van der Waals surface area (Å²) in [5.74, 6) is 0.226. The smallest absolute Gasteiger partial charge is 0.386 e. The zero-order valence-corrected chi connectivity index (χ0v) is 37.6. The fourth-order valence-corrected chi connectivity index (χ4v) is 13.3. The molecule has 340 valence electrons. The van der Waals surface area contributed by atoms with Crippen molar-refractivity contribution >= 4 is 64.0 Å². The standard InChI is InChI=1S/C33H56N7O16P3S/c1-7-32(6)10-8-19-14-33(32,31(19,4)5)60-13-12-35-21(41)9-11-36-28(44)25(43)30(2,3)16-53-59(50,51)56-58(48,49)52-15-20-24(55-57(45,46)47)23(42)29(54-20)40-18-39-22-26(34)37-17-38-27(22)40/h17-20,23-25,29,42-43H,7-16H2,1-6H3,(H,35,41)(H,36,44)(H,48,49)(H,50,51)(H2,34,37,38)(H2,45,46,47)/t19?,20-,23-,24-,25+,29-,32?,33?/m1/s1. The van der Waals surface area contributed by atoms with E-state index >= 15 is 0 Å². The highest BCUT2D eigenvalue weighted by Gasteiger charge is 2.69. The Balaban J connectivity index is 1.06. The number of hydrogen-bond acceptors (Lipinski definition) is 17. The Morgan fingerprint density at radius 1 is 1.08 bits per heavy atom. The van der Waals surface area contributed by atoms with Gasteiger partial charge >= 0.3 is 23.5 Å². The fraction of sp³-hybridized carbons (Fsp3) is 0.788. The molecule has 3 heterocycles. The summed E-state index contributed by atoms with van der Waals surface area (Å²) in [6, 6.07) is 0. The van der Waals surface area contributed by atoms with E-state index < -0.39 is 78.6 Å². The van der Waals surface area contributed by atoms with Crippen LogP contribution in [-0.4, -0.2) is 122 Å². The van der Waals surface area contributed by atoms with Crippen molar-refractivity contribution in [2.75, 3.05) is 37.8 Å². The quantitative estimate of drug-likeness (QED) is 0.0639. The third-order valence-corrected chi connectivity index (χ3v) is 17.4. The first-order valence-corrected chi connectivity index (χ1v) is 24.7. The summed E-state index contributed by atoms with van der Waals surface area (Å²) >= 11 is 1.94. The maximum Gasteiger partial charge on any atom is 0.481 e. The van der Waals surface area contributed by atoms with Gasteiger partial charge in [-0.1, -0.05) is 41.5 Å². The van der Waals surface area contributed by atoms with E-state index in [4.69, 9.17) is 19.5 Å². The number of thioether (sulfide) groups is 1. The van der Waals surface area contributed by atoms with E-state index in [1.807, 2.05) is 11.8 Å². The predicted octanol–water partition coefficient (Wildman–Crippen LogP) is 2.13. The molecule has 0 aromatic carbocycles. The van der Waals surface area contributed by atoms with E-state index in [-0.39, 0.29) is 51.4 Å². The van der Waals surface area contributed by atoms with Crippen LogP contribution in [0.4, 0.5) is 5.82 Å². The van der Waals surface area contributed by atoms with E-state index in [2.05, 4.69) is 62.1 Å². The van der Waals surface area contributed by atoms with Crippen molar-refractivity contribution in [3.05, 3.63) is 12.7 Å². The van der Waals surface area contributed by atoms with E-state index in [0.717, 1.165) is 35.3 Å². The molecule has 0 spiro atoms. The normalized spacial score (nSPS) is 30.2. The SMILES string of the molecule is CCC1(C)CCC2CC1(SCCNC(=O)CCNC(=O)[C@H](O)C(C)(C)COP(=O)(O)OP(=O)(O)OC[C@H]1O[C@@H](n3cnc4c(N)ncnc43)[C@H](O)[C@@H]1OP(=O)(O)O)C2(C)C. The Morgan fingerprint density at radius 2 is 1.77 bits per heavy atom. The van der Waals surface area contributed by atoms with Crippen LogP contribution in [-0.2, 0) is 45.9 Å². The minimum absolute atomic E-state index is 0.0327. The Labute approximate surface area is 350 Å². The van der Waals surface area contributed by atoms with Crippen LogP contribution in [0.15, 0.2) is 12.7 Å². The summed E-state index contributed by atoms with van der Waals surface area (Å²) in [6.45, 7) is 10.3. The molecule has 1 aliphatic heterocycles. The average molecular weight is 932 g/mol. The number of aliphatic hydroxyl groups excluding tert-OH is 2. The third-order valence-electron chi connectivity index (χ3n) is 12.2. The number of aromatic nitrogens is 4. The molecule has 1 saturated heterocycles. The molecule has 23 nitrogen and oxygen atoms in total. The number of fused-ring (bicyclic) bond motifs is 3. The maximum absolute atomic E-state index is 12.8. The van der Waals surface area contributed by atoms with E-state index in [1.165, 1.54) is 33.1 Å². The number of nitrogens with two attached hydrogens (primary N) is 1. The highest BCUT2D eigenvalue weighted by molar-refractivity contribution is 8.00. The van der Waals surface area contributed by atoms with E-state index in [9.17, 15) is 53.1 Å². The number of carbonyl (C=O) groups is 2. The highest BCUT2D eigenvalue weighted by atomic mass is 32.2. The van der Waals surface area contributed by atoms with Gasteiger partial charge in [0.1, 0.15) is 36.3 Å². The molecule has 2 aromatic heterocycles. The minimum atomic E-state index is -5.56. The number of nitrogens with zero attached hydrogens (tertiary/aromatic N) is 4. The summed E-state index contributed by atoms with van der Waals surface area (Å²) in [5, 5.41) is 26.9. The molecular weight excluding hydrogens is 875 g/mol. The Morgan fingerprint density at radius 3 is 2.42 bits per heavy atom. The largest absolute Gasteiger partial charge is 0.481 e. The lowest BCUT2D eigenvalue weighted by Crippen LogP contribution is -2.69. The van der Waals surface area contributed by atoms with Gasteiger partial charge in [-0.2, -0.15) is 16.1 Å². The van der Waals surface area contributed by atoms with Gasteiger partial charge in [-0.25, -0.2) is 28.6 Å². The molecule has 2 aromatic rings. The van der Waals surface area contributed by atoms with E-state index in [0.29, 0.717) is 6.54 Å². The summed E-state index contributed by atoms with van der Waals surface area (Å²) < 4.78 is 62.7. The number of phosphoric ester groups is 3. The number of imidazole rings is 1. The van der Waals surface area contributed by atoms with Crippen molar-refractivity contribution in [1.82, 2.24) is 30.2 Å². The van der Waals surface area contributed by atoms with Crippen LogP contribution in [0.2, 0.25) is 0 Å². The second-order valence-corrected chi connectivity index (χ2v) is 22.5. The van der Waals surface area contributed by atoms with Gasteiger partial charge < -0.3 is 50.9 Å². The molecule has 4 aliphatic rings. The highest BCUT2D eigenvalue weighted by Crippen LogP contribution is 2.74. The molecule has 3 saturated carbocycles. The van der Waals surface area contributed by atoms with Crippen LogP contribution in [0.25, 0.3) is 11.2 Å². The van der Waals surface area contributed by atoms with Gasteiger partial charge in [0.2, 0.25) is 11.8 Å². The number of anilines is 1. The van der Waals surface area contributed by atoms with Gasteiger partial charge in [0, 0.05) is 35.4 Å². The van der Waals surface area contributed by atoms with Crippen LogP contribution < -0.4 is 16.4 Å². The number of rotatable bonds is 21. The maximum atomic E-state index is 12.8. The van der Waals surface area contributed by atoms with Crippen molar-refractivity contribution < 1.29 is 75.7 Å². The Kier molecular flexibility index (Phi) is 14.8. The predicted molar refractivity (Wildman–Crippen MR) is 214 cm³/mol. The first-order valence-electron chi connectivity index (χ1n) is 19.2. The zero-order chi connectivity index (χ0) is 44.7. The lowest BCUT2D eigenvalue weighted by atomic mass is 9.40. The number of amides is 2. The molecule has 5 unspecified atom stereocenters. The van der Waals surface area contributed by atoms with Crippen LogP contribution >= 0.6 is 35.2 Å². The van der Waals surface area contributed by atoms with Crippen LogP contribution in [0.5, 0.6) is 0 Å². The summed E-state index contributed by atoms with van der Waals surface area (Å²) in [5.41, 5.74) is 4.79. The van der Waals surface area contributed by atoms with Gasteiger partial charge in [-0.15, -0.1) is 0 Å². The topological polar surface area (TPSA) is 347 Å². The number of hydrogen-bond donors (Lipinski definition) is 9. The number of carbonyl (C=O) groups excluding carboxylic acids is 2. The molecule has 60 heavy (non-hydrogen) atoms. The zero-order valence-electron chi connectivity index (χ0n) is 34.1. The summed E-state index contributed by atoms with van der Waals surface area (Å²) in [4.78, 5) is 76.5. The van der Waals surface area contributed by atoms with Crippen molar-refractivity contribution in [2.24, 2.45) is 22.2 Å². The summed E-state index contributed by atoms with van der Waals surface area (Å²) in [6.07, 6.45) is -1.97. The van der Waals surface area contributed by atoms with Crippen LogP contribution in [0.3, 0.4) is 0 Å². The Bertz CT molecular complexity index is 2040. The van der Waals surface area contributed by atoms with Gasteiger partial charge in [0.15, 0.2) is 17.7 Å². The monoisotopic (exact) mass is 931 g/mol. The molecule has 3 aliphatic carbocycles. The van der Waals surface area contributed by atoms with E-state index in [1.54, 1.807) is 0 Å². The molecule has 10 N–H and O–H groups in total. The molecule has 10 atom stereocenters. The lowest BCUT2D eigenvalue weighted by molar-refractivity contribution is -0.137. The third kappa shape index (κ3) is 10.5. The molecule has 6 rings (SSSR count). The number of ether oxygens (including phenoxy) is 1. The van der Waals surface area contributed by atoms with Crippen molar-refractivity contribution in [1.29, 1.82) is 0 Å². The Hall–Kier alpha value is -2.11. The molecule has 2 amide bonds. The van der Waals surface area contributed by atoms with Crippen LogP contribution in [0, 0.1) is 22.2 Å². The summed E-state index contributed by atoms with van der Waals surface area (Å²) in [7, 11) is -16.4. The van der Waals surface area contributed by atoms with Crippen LogP contribution in [0.1, 0.15) is 79.9 Å². The number of aliphatic hydroxyl groups is 2. The molecular formula is C33H56N7O16P3S. The van der Waals surface area contributed by atoms with Gasteiger partial charge in [0.25, 0.3) is 0 Å². The fourth-order valence-electron chi connectivity index (χ4n) is 8.48. The second-order valence-electron chi connectivity index (χ2n) is 16.8. The molecule has 27 heteroatoms. The van der Waals surface area contributed by atoms with Gasteiger partial charge in [0.05, 0.1) is 19.5 Å². The minimum Gasteiger partial charge on any atom is -0.386 e. The number of phosphoric acid groups is 3. The first-order chi connectivity index (χ1) is 27.7. The van der Waals surface area contributed by atoms with Gasteiger partial charge in [-0.3, -0.25) is 27.7 Å². The lowest BCUT2D eigenvalue weighted by Gasteiger charge is -2.73. The second kappa shape index (κ2) is 18.2. The van der Waals surface area contributed by atoms with Crippen molar-refractivity contribution in [2.45, 2.75) is 109 Å². The number of nitrogen functional groups attached to an aromatic ring is 1.